The van der Waals surface area contributed by atoms with E-state index < -0.39 is 49.5 Å². The molecule has 0 aromatic heterocycles. The minimum Gasteiger partial charge on any atom is -0.394 e. The number of hydrogen-bond acceptors (Lipinski definition) is 8. The second kappa shape index (κ2) is 19.3. The Bertz CT molecular complexity index is 535. The van der Waals surface area contributed by atoms with E-state index in [2.05, 4.69) is 12.2 Å². The number of aliphatic hydroxyl groups is 5. The molecular weight excluding hydrogens is 454 g/mol. The quantitative estimate of drug-likeness (QED) is 0.138. The van der Waals surface area contributed by atoms with Gasteiger partial charge in [0, 0.05) is 6.42 Å². The number of amides is 1. The maximum Gasteiger partial charge on any atom is 0.220 e. The number of rotatable bonds is 20. The van der Waals surface area contributed by atoms with Gasteiger partial charge in [-0.2, -0.15) is 0 Å². The highest BCUT2D eigenvalue weighted by atomic mass is 16.7. The number of carbonyl (C=O) groups is 1. The fourth-order valence-electron chi connectivity index (χ4n) is 4.36. The SMILES string of the molecule is CCCCCCCCCCCCCCC(O)C(COC1OC(CO)C(O)C(O)C1O)NC(=O)CC. The van der Waals surface area contributed by atoms with Crippen LogP contribution in [0.4, 0.5) is 0 Å². The first kappa shape index (κ1) is 32.2. The lowest BCUT2D eigenvalue weighted by Crippen LogP contribution is -2.60. The standard InChI is InChI=1S/C26H51NO8/c1-3-5-6-7-8-9-10-11-12-13-14-15-16-20(29)19(27-22(30)4-2)18-34-26-25(33)24(32)23(31)21(17-28)35-26/h19-21,23-26,28-29,31-33H,3-18H2,1-2H3,(H,27,30). The topological polar surface area (TPSA) is 149 Å². The van der Waals surface area contributed by atoms with Gasteiger partial charge in [0.25, 0.3) is 0 Å². The smallest absolute Gasteiger partial charge is 0.220 e. The van der Waals surface area contributed by atoms with Crippen molar-refractivity contribution in [2.24, 2.45) is 0 Å². The number of hydrogen-bond donors (Lipinski definition) is 6. The van der Waals surface area contributed by atoms with Gasteiger partial charge in [-0.1, -0.05) is 90.9 Å². The zero-order valence-corrected chi connectivity index (χ0v) is 21.8. The number of carbonyl (C=O) groups excluding carboxylic acids is 1. The minimum atomic E-state index is -1.54. The summed E-state index contributed by atoms with van der Waals surface area (Å²) in [5.41, 5.74) is 0. The fourth-order valence-corrected chi connectivity index (χ4v) is 4.36. The van der Waals surface area contributed by atoms with Crippen LogP contribution in [0, 0.1) is 0 Å². The monoisotopic (exact) mass is 505 g/mol. The van der Waals surface area contributed by atoms with Crippen LogP contribution in [-0.4, -0.2) is 87.5 Å². The average molecular weight is 506 g/mol. The Balaban J connectivity index is 2.33. The van der Waals surface area contributed by atoms with Crippen LogP contribution < -0.4 is 5.32 Å². The van der Waals surface area contributed by atoms with Gasteiger partial charge in [-0.3, -0.25) is 4.79 Å². The second-order valence-electron chi connectivity index (χ2n) is 9.80. The molecule has 0 aliphatic carbocycles. The summed E-state index contributed by atoms with van der Waals surface area (Å²) in [5.74, 6) is -0.235. The average Bonchev–Trinajstić information content (AvgIpc) is 2.86. The molecule has 0 spiro atoms. The molecule has 6 N–H and O–H groups in total. The van der Waals surface area contributed by atoms with Crippen LogP contribution in [0.1, 0.15) is 104 Å². The van der Waals surface area contributed by atoms with Crippen LogP contribution in [-0.2, 0) is 14.3 Å². The summed E-state index contributed by atoms with van der Waals surface area (Å²) in [6.45, 7) is 3.25. The van der Waals surface area contributed by atoms with Gasteiger partial charge in [0.05, 0.1) is 25.4 Å². The maximum atomic E-state index is 11.9. The first-order valence-corrected chi connectivity index (χ1v) is 13.7. The Hall–Kier alpha value is -0.810. The Morgan fingerprint density at radius 3 is 1.91 bits per heavy atom. The summed E-state index contributed by atoms with van der Waals surface area (Å²) in [5, 5.41) is 52.7. The van der Waals surface area contributed by atoms with E-state index in [1.54, 1.807) is 6.92 Å². The normalized spacial score (nSPS) is 26.4. The van der Waals surface area contributed by atoms with Gasteiger partial charge in [-0.05, 0) is 6.42 Å². The zero-order valence-electron chi connectivity index (χ0n) is 21.8. The van der Waals surface area contributed by atoms with Crippen molar-refractivity contribution in [3.63, 3.8) is 0 Å². The highest BCUT2D eigenvalue weighted by molar-refractivity contribution is 5.75. The van der Waals surface area contributed by atoms with Gasteiger partial charge < -0.3 is 40.3 Å². The molecule has 1 heterocycles. The molecule has 35 heavy (non-hydrogen) atoms. The third-order valence-corrected chi connectivity index (χ3v) is 6.77. The van der Waals surface area contributed by atoms with E-state index in [1.165, 1.54) is 57.8 Å². The Morgan fingerprint density at radius 1 is 0.857 bits per heavy atom. The van der Waals surface area contributed by atoms with Crippen LogP contribution in [0.3, 0.4) is 0 Å². The molecule has 9 nitrogen and oxygen atoms in total. The molecule has 0 saturated carbocycles. The van der Waals surface area contributed by atoms with Crippen molar-refractivity contribution in [2.45, 2.75) is 147 Å². The molecule has 208 valence electrons. The predicted octanol–water partition coefficient (Wildman–Crippen LogP) is 2.15. The van der Waals surface area contributed by atoms with E-state index in [9.17, 15) is 30.3 Å². The molecule has 1 saturated heterocycles. The molecular formula is C26H51NO8. The van der Waals surface area contributed by atoms with Gasteiger partial charge in [0.2, 0.25) is 5.91 Å². The molecule has 1 rings (SSSR count). The molecule has 1 fully saturated rings. The number of aliphatic hydroxyl groups excluding tert-OH is 5. The lowest BCUT2D eigenvalue weighted by molar-refractivity contribution is -0.302. The van der Waals surface area contributed by atoms with Crippen LogP contribution in [0.5, 0.6) is 0 Å². The Kier molecular flexibility index (Phi) is 17.8. The van der Waals surface area contributed by atoms with Crippen LogP contribution in [0.15, 0.2) is 0 Å². The van der Waals surface area contributed by atoms with Crippen LogP contribution in [0.25, 0.3) is 0 Å². The molecule has 1 amide bonds. The number of unbranched alkanes of at least 4 members (excludes halogenated alkanes) is 11. The van der Waals surface area contributed by atoms with Crippen molar-refractivity contribution in [1.29, 1.82) is 0 Å². The molecule has 1 aliphatic heterocycles. The third kappa shape index (κ3) is 12.8. The second-order valence-corrected chi connectivity index (χ2v) is 9.80. The molecule has 1 aliphatic rings. The molecule has 7 unspecified atom stereocenters. The van der Waals surface area contributed by atoms with Crippen molar-refractivity contribution in [3.8, 4) is 0 Å². The number of nitrogens with one attached hydrogen (secondary N) is 1. The van der Waals surface area contributed by atoms with E-state index in [-0.39, 0.29) is 18.9 Å². The van der Waals surface area contributed by atoms with E-state index in [1.807, 2.05) is 0 Å². The van der Waals surface area contributed by atoms with Crippen molar-refractivity contribution < 1.29 is 39.8 Å². The number of ether oxygens (including phenoxy) is 2. The molecule has 7 atom stereocenters. The lowest BCUT2D eigenvalue weighted by Gasteiger charge is -2.40. The van der Waals surface area contributed by atoms with Crippen molar-refractivity contribution in [2.75, 3.05) is 13.2 Å². The maximum absolute atomic E-state index is 11.9. The summed E-state index contributed by atoms with van der Waals surface area (Å²) >= 11 is 0. The van der Waals surface area contributed by atoms with E-state index in [4.69, 9.17) is 9.47 Å². The highest BCUT2D eigenvalue weighted by Gasteiger charge is 2.44. The molecule has 0 bridgehead atoms. The molecule has 0 aromatic carbocycles. The summed E-state index contributed by atoms with van der Waals surface area (Å²) in [7, 11) is 0. The Morgan fingerprint density at radius 2 is 1.40 bits per heavy atom. The van der Waals surface area contributed by atoms with Gasteiger partial charge in [0.1, 0.15) is 24.4 Å². The summed E-state index contributed by atoms with van der Waals surface area (Å²) < 4.78 is 10.9. The van der Waals surface area contributed by atoms with Gasteiger partial charge in [-0.15, -0.1) is 0 Å². The van der Waals surface area contributed by atoms with Crippen molar-refractivity contribution >= 4 is 5.91 Å². The van der Waals surface area contributed by atoms with Gasteiger partial charge in [0.15, 0.2) is 6.29 Å². The molecule has 0 aromatic rings. The summed E-state index contributed by atoms with van der Waals surface area (Å²) in [6, 6.07) is -0.706. The third-order valence-electron chi connectivity index (χ3n) is 6.77. The first-order chi connectivity index (χ1) is 16.8. The summed E-state index contributed by atoms with van der Waals surface area (Å²) in [6.07, 6.45) is 7.68. The fraction of sp³-hybridized carbons (Fsp3) is 0.962. The van der Waals surface area contributed by atoms with E-state index >= 15 is 0 Å². The zero-order chi connectivity index (χ0) is 26.1. The first-order valence-electron chi connectivity index (χ1n) is 13.7. The lowest BCUT2D eigenvalue weighted by atomic mass is 9.99. The Labute approximate surface area is 211 Å². The van der Waals surface area contributed by atoms with Crippen molar-refractivity contribution in [1.82, 2.24) is 5.32 Å². The van der Waals surface area contributed by atoms with E-state index in [0.717, 1.165) is 19.3 Å². The minimum absolute atomic E-state index is 0.145. The largest absolute Gasteiger partial charge is 0.394 e. The van der Waals surface area contributed by atoms with Crippen LogP contribution in [0.2, 0.25) is 0 Å². The molecule has 9 heteroatoms. The highest BCUT2D eigenvalue weighted by Crippen LogP contribution is 2.22. The van der Waals surface area contributed by atoms with Crippen LogP contribution >= 0.6 is 0 Å². The molecule has 0 radical (unpaired) electrons. The van der Waals surface area contributed by atoms with E-state index in [0.29, 0.717) is 6.42 Å². The van der Waals surface area contributed by atoms with Gasteiger partial charge in [-0.25, -0.2) is 0 Å². The summed E-state index contributed by atoms with van der Waals surface area (Å²) in [4.78, 5) is 11.9. The predicted molar refractivity (Wildman–Crippen MR) is 134 cm³/mol. The van der Waals surface area contributed by atoms with Gasteiger partial charge >= 0.3 is 0 Å². The van der Waals surface area contributed by atoms with Crippen molar-refractivity contribution in [3.05, 3.63) is 0 Å².